The largest absolute Gasteiger partial charge is 0.379 e. The van der Waals surface area contributed by atoms with Gasteiger partial charge in [-0.2, -0.15) is 0 Å². The molecule has 1 N–H and O–H groups in total. The number of nitrogens with zero attached hydrogens (tertiary/aromatic N) is 3. The second-order valence-electron chi connectivity index (χ2n) is 7.30. The molecule has 1 aliphatic heterocycles. The van der Waals surface area contributed by atoms with Gasteiger partial charge < -0.3 is 10.1 Å². The van der Waals surface area contributed by atoms with E-state index < -0.39 is 0 Å². The van der Waals surface area contributed by atoms with Crippen molar-refractivity contribution in [2.75, 3.05) is 32.8 Å². The molecule has 0 saturated carbocycles. The summed E-state index contributed by atoms with van der Waals surface area (Å²) in [6, 6.07) is 4.23. The maximum atomic E-state index is 12.4. The van der Waals surface area contributed by atoms with Crippen LogP contribution < -0.4 is 5.32 Å². The van der Waals surface area contributed by atoms with Gasteiger partial charge in [-0.05, 0) is 24.5 Å². The zero-order valence-corrected chi connectivity index (χ0v) is 16.9. The summed E-state index contributed by atoms with van der Waals surface area (Å²) < 4.78 is 5.46. The molecule has 1 saturated heterocycles. The van der Waals surface area contributed by atoms with Gasteiger partial charge in [0.1, 0.15) is 5.01 Å². The van der Waals surface area contributed by atoms with E-state index in [1.807, 2.05) is 17.5 Å². The third-order valence-corrected chi connectivity index (χ3v) is 5.58. The first kappa shape index (κ1) is 19.9. The van der Waals surface area contributed by atoms with Crippen LogP contribution in [0, 0.1) is 5.92 Å². The van der Waals surface area contributed by atoms with Crippen LogP contribution in [-0.2, 0) is 16.0 Å². The topological polar surface area (TPSA) is 67.4 Å². The fourth-order valence-electron chi connectivity index (χ4n) is 3.32. The number of carbonyl (C=O) groups excluding carboxylic acids is 1. The number of morpholine rings is 1. The second-order valence-corrected chi connectivity index (χ2v) is 8.16. The van der Waals surface area contributed by atoms with E-state index in [4.69, 9.17) is 4.74 Å². The molecule has 0 bridgehead atoms. The lowest BCUT2D eigenvalue weighted by Crippen LogP contribution is -2.49. The highest BCUT2D eigenvalue weighted by atomic mass is 32.1. The Kier molecular flexibility index (Phi) is 7.32. The van der Waals surface area contributed by atoms with Crippen molar-refractivity contribution in [2.24, 2.45) is 5.92 Å². The molecule has 146 valence electrons. The Morgan fingerprint density at radius 3 is 2.89 bits per heavy atom. The number of hydrogen-bond donors (Lipinski definition) is 1. The van der Waals surface area contributed by atoms with Crippen LogP contribution in [0.25, 0.3) is 10.6 Å². The molecule has 0 radical (unpaired) electrons. The van der Waals surface area contributed by atoms with Crippen LogP contribution in [0.2, 0.25) is 0 Å². The van der Waals surface area contributed by atoms with Gasteiger partial charge in [0.25, 0.3) is 0 Å². The quantitative estimate of drug-likeness (QED) is 0.753. The molecular weight excluding hydrogens is 360 g/mol. The molecular formula is C20H28N4O2S. The molecule has 1 unspecified atom stereocenters. The van der Waals surface area contributed by atoms with E-state index in [0.717, 1.165) is 49.0 Å². The summed E-state index contributed by atoms with van der Waals surface area (Å²) in [5, 5.41) is 5.97. The molecule has 1 aliphatic rings. The summed E-state index contributed by atoms with van der Waals surface area (Å²) >= 11 is 1.55. The molecule has 27 heavy (non-hydrogen) atoms. The Labute approximate surface area is 165 Å². The number of amides is 1. The zero-order valence-electron chi connectivity index (χ0n) is 16.1. The van der Waals surface area contributed by atoms with Crippen LogP contribution >= 0.6 is 11.3 Å². The minimum Gasteiger partial charge on any atom is -0.379 e. The average Bonchev–Trinajstić information content (AvgIpc) is 3.14. The van der Waals surface area contributed by atoms with Gasteiger partial charge in [0.05, 0.1) is 25.3 Å². The van der Waals surface area contributed by atoms with Crippen molar-refractivity contribution in [3.63, 3.8) is 0 Å². The summed E-state index contributed by atoms with van der Waals surface area (Å²) in [6.45, 7) is 8.56. The van der Waals surface area contributed by atoms with Gasteiger partial charge in [0, 0.05) is 49.0 Å². The minimum absolute atomic E-state index is 0.0278. The second kappa shape index (κ2) is 9.92. The fraction of sp³-hybridized carbons (Fsp3) is 0.550. The predicted octanol–water partition coefficient (Wildman–Crippen LogP) is 2.61. The molecule has 1 amide bonds. The van der Waals surface area contributed by atoms with Gasteiger partial charge in [0.15, 0.2) is 0 Å². The highest BCUT2D eigenvalue weighted by Gasteiger charge is 2.22. The van der Waals surface area contributed by atoms with Gasteiger partial charge in [-0.15, -0.1) is 11.3 Å². The van der Waals surface area contributed by atoms with Gasteiger partial charge in [0.2, 0.25) is 5.91 Å². The standard InChI is InChI=1S/C20H28N4O2S/c1-15(2)10-18(24-6-8-26-9-7-24)13-22-19(25)11-17-14-27-20(23-17)16-4-3-5-21-12-16/h3-5,12,14-15,18H,6-11,13H2,1-2H3,(H,22,25). The first-order chi connectivity index (χ1) is 13.1. The number of aromatic nitrogens is 2. The monoisotopic (exact) mass is 388 g/mol. The minimum atomic E-state index is 0.0278. The number of ether oxygens (including phenoxy) is 1. The number of pyridine rings is 1. The van der Waals surface area contributed by atoms with Gasteiger partial charge in [-0.1, -0.05) is 13.8 Å². The smallest absolute Gasteiger partial charge is 0.226 e. The number of thiazole rings is 1. The lowest BCUT2D eigenvalue weighted by Gasteiger charge is -2.35. The lowest BCUT2D eigenvalue weighted by molar-refractivity contribution is -0.120. The van der Waals surface area contributed by atoms with Crippen molar-refractivity contribution in [3.05, 3.63) is 35.6 Å². The van der Waals surface area contributed by atoms with Crippen LogP contribution in [0.3, 0.4) is 0 Å². The van der Waals surface area contributed by atoms with E-state index >= 15 is 0 Å². The first-order valence-corrected chi connectivity index (χ1v) is 10.4. The van der Waals surface area contributed by atoms with Crippen LogP contribution in [0.15, 0.2) is 29.9 Å². The van der Waals surface area contributed by atoms with Gasteiger partial charge >= 0.3 is 0 Å². The molecule has 7 heteroatoms. The van der Waals surface area contributed by atoms with Crippen molar-refractivity contribution >= 4 is 17.2 Å². The summed E-state index contributed by atoms with van der Waals surface area (Å²) in [6.07, 6.45) is 4.92. The van der Waals surface area contributed by atoms with E-state index in [1.165, 1.54) is 0 Å². The number of hydrogen-bond acceptors (Lipinski definition) is 6. The molecule has 2 aromatic rings. The van der Waals surface area contributed by atoms with Gasteiger partial charge in [-0.25, -0.2) is 4.98 Å². The first-order valence-electron chi connectivity index (χ1n) is 9.55. The SMILES string of the molecule is CC(C)CC(CNC(=O)Cc1csc(-c2cccnc2)n1)N1CCOCC1. The maximum absolute atomic E-state index is 12.4. The average molecular weight is 389 g/mol. The maximum Gasteiger partial charge on any atom is 0.226 e. The Morgan fingerprint density at radius 1 is 1.37 bits per heavy atom. The summed E-state index contributed by atoms with van der Waals surface area (Å²) in [4.78, 5) is 23.6. The molecule has 2 aromatic heterocycles. The molecule has 0 aliphatic carbocycles. The molecule has 1 atom stereocenters. The van der Waals surface area contributed by atoms with Crippen molar-refractivity contribution in [1.29, 1.82) is 0 Å². The van der Waals surface area contributed by atoms with E-state index in [0.29, 0.717) is 24.9 Å². The normalized spacial score (nSPS) is 16.4. The highest BCUT2D eigenvalue weighted by molar-refractivity contribution is 7.13. The Balaban J connectivity index is 1.52. The van der Waals surface area contributed by atoms with E-state index in [9.17, 15) is 4.79 Å². The third-order valence-electron chi connectivity index (χ3n) is 4.64. The van der Waals surface area contributed by atoms with Crippen LogP contribution in [-0.4, -0.2) is 59.7 Å². The number of rotatable bonds is 8. The molecule has 1 fully saturated rings. The Hall–Kier alpha value is -1.83. The molecule has 3 heterocycles. The molecule has 0 spiro atoms. The third kappa shape index (κ3) is 6.09. The van der Waals surface area contributed by atoms with Crippen LogP contribution in [0.5, 0.6) is 0 Å². The summed E-state index contributed by atoms with van der Waals surface area (Å²) in [5.74, 6) is 0.621. The van der Waals surface area contributed by atoms with Crippen LogP contribution in [0.1, 0.15) is 26.0 Å². The number of carbonyl (C=O) groups is 1. The van der Waals surface area contributed by atoms with E-state index in [-0.39, 0.29) is 5.91 Å². The lowest BCUT2D eigenvalue weighted by atomic mass is 10.0. The van der Waals surface area contributed by atoms with E-state index in [2.05, 4.69) is 34.0 Å². The Bertz CT molecular complexity index is 714. The zero-order chi connectivity index (χ0) is 19.1. The molecule has 3 rings (SSSR count). The number of nitrogens with one attached hydrogen (secondary N) is 1. The van der Waals surface area contributed by atoms with Crippen molar-refractivity contribution < 1.29 is 9.53 Å². The van der Waals surface area contributed by atoms with E-state index in [1.54, 1.807) is 23.7 Å². The highest BCUT2D eigenvalue weighted by Crippen LogP contribution is 2.22. The predicted molar refractivity (Wildman–Crippen MR) is 108 cm³/mol. The van der Waals surface area contributed by atoms with Gasteiger partial charge in [-0.3, -0.25) is 14.7 Å². The van der Waals surface area contributed by atoms with Crippen molar-refractivity contribution in [2.45, 2.75) is 32.7 Å². The van der Waals surface area contributed by atoms with Crippen molar-refractivity contribution in [1.82, 2.24) is 20.2 Å². The fourth-order valence-corrected chi connectivity index (χ4v) is 4.13. The summed E-state index contributed by atoms with van der Waals surface area (Å²) in [5.41, 5.74) is 1.79. The van der Waals surface area contributed by atoms with Crippen molar-refractivity contribution in [3.8, 4) is 10.6 Å². The molecule has 0 aromatic carbocycles. The Morgan fingerprint density at radius 2 is 2.19 bits per heavy atom. The molecule has 6 nitrogen and oxygen atoms in total. The van der Waals surface area contributed by atoms with Crippen LogP contribution in [0.4, 0.5) is 0 Å². The summed E-state index contributed by atoms with van der Waals surface area (Å²) in [7, 11) is 0.